The van der Waals surface area contributed by atoms with Gasteiger partial charge in [-0.15, -0.1) is 0 Å². The Labute approximate surface area is 125 Å². The van der Waals surface area contributed by atoms with Crippen molar-refractivity contribution in [1.29, 1.82) is 0 Å². The molecule has 2 aromatic carbocycles. The maximum Gasteiger partial charge on any atom is 0.255 e. The molecule has 100 valence electrons. The van der Waals surface area contributed by atoms with Gasteiger partial charge in [0.05, 0.1) is 0 Å². The van der Waals surface area contributed by atoms with Crippen molar-refractivity contribution >= 4 is 23.4 Å². The van der Waals surface area contributed by atoms with Gasteiger partial charge in [-0.25, -0.2) is 0 Å². The molecule has 2 aromatic rings. The SMILES string of the molecule is [3H]CSC#Cc1ccc(C(=O)Nc2ccccc2C)cc1. The fourth-order valence-corrected chi connectivity index (χ4v) is 1.90. The molecule has 0 atom stereocenters. The first-order valence-corrected chi connectivity index (χ1v) is 7.08. The number of carbonyl (C=O) groups excluding carboxylic acids is 1. The summed E-state index contributed by atoms with van der Waals surface area (Å²) in [5.41, 5.74) is 3.28. The second-order valence-corrected chi connectivity index (χ2v) is 4.71. The summed E-state index contributed by atoms with van der Waals surface area (Å²) in [5.74, 6) is 2.80. The highest BCUT2D eigenvalue weighted by atomic mass is 32.2. The van der Waals surface area contributed by atoms with Gasteiger partial charge >= 0.3 is 0 Å². The number of thioether (sulfide) groups is 1. The van der Waals surface area contributed by atoms with Crippen molar-refractivity contribution < 1.29 is 6.17 Å². The van der Waals surface area contributed by atoms with Crippen LogP contribution in [0.1, 0.15) is 22.9 Å². The van der Waals surface area contributed by atoms with Crippen LogP contribution in [0, 0.1) is 18.1 Å². The highest BCUT2D eigenvalue weighted by Gasteiger charge is 2.06. The van der Waals surface area contributed by atoms with E-state index in [0.29, 0.717) is 5.56 Å². The summed E-state index contributed by atoms with van der Waals surface area (Å²) in [5, 5.41) is 5.72. The fraction of sp³-hybridized carbons (Fsp3) is 0.118. The summed E-state index contributed by atoms with van der Waals surface area (Å²) in [7, 11) is 0. The van der Waals surface area contributed by atoms with Crippen LogP contribution in [-0.2, 0) is 0 Å². The lowest BCUT2D eigenvalue weighted by Crippen LogP contribution is -2.12. The Bertz CT molecular complexity index is 686. The molecule has 0 radical (unpaired) electrons. The number of hydrogen-bond acceptors (Lipinski definition) is 2. The van der Waals surface area contributed by atoms with E-state index in [1.54, 1.807) is 12.1 Å². The van der Waals surface area contributed by atoms with Crippen LogP contribution >= 0.6 is 11.8 Å². The van der Waals surface area contributed by atoms with Gasteiger partial charge in [-0.1, -0.05) is 35.9 Å². The van der Waals surface area contributed by atoms with Crippen molar-refractivity contribution in [2.24, 2.45) is 0 Å². The van der Waals surface area contributed by atoms with Crippen molar-refractivity contribution in [2.75, 3.05) is 11.5 Å². The van der Waals surface area contributed by atoms with Gasteiger partial charge in [-0.05, 0) is 54.3 Å². The van der Waals surface area contributed by atoms with E-state index >= 15 is 0 Å². The van der Waals surface area contributed by atoms with E-state index in [1.807, 2.05) is 43.3 Å². The maximum atomic E-state index is 12.2. The Morgan fingerprint density at radius 3 is 2.65 bits per heavy atom. The summed E-state index contributed by atoms with van der Waals surface area (Å²) in [6, 6.07) is 14.8. The number of para-hydroxylation sites is 1. The third-order valence-corrected chi connectivity index (χ3v) is 3.05. The zero-order chi connectivity index (χ0) is 15.1. The lowest BCUT2D eigenvalue weighted by atomic mass is 10.1. The van der Waals surface area contributed by atoms with E-state index in [2.05, 4.69) is 16.5 Å². The van der Waals surface area contributed by atoms with Crippen LogP contribution in [0.5, 0.6) is 0 Å². The number of benzene rings is 2. The third kappa shape index (κ3) is 3.66. The number of hydrogen-bond donors (Lipinski definition) is 1. The van der Waals surface area contributed by atoms with Gasteiger partial charge < -0.3 is 5.32 Å². The van der Waals surface area contributed by atoms with Crippen molar-refractivity contribution in [3.05, 3.63) is 65.2 Å². The highest BCUT2D eigenvalue weighted by molar-refractivity contribution is 8.03. The summed E-state index contributed by atoms with van der Waals surface area (Å²) < 4.78 is 6.99. The Morgan fingerprint density at radius 1 is 1.20 bits per heavy atom. The van der Waals surface area contributed by atoms with Gasteiger partial charge in [0.1, 0.15) is 0 Å². The van der Waals surface area contributed by atoms with Crippen LogP contribution in [0.2, 0.25) is 0 Å². The van der Waals surface area contributed by atoms with E-state index < -0.39 is 0 Å². The monoisotopic (exact) mass is 283 g/mol. The normalized spacial score (nSPS) is 10.2. The van der Waals surface area contributed by atoms with E-state index in [4.69, 9.17) is 1.37 Å². The fourth-order valence-electron chi connectivity index (χ4n) is 1.71. The number of rotatable bonds is 2. The predicted octanol–water partition coefficient (Wildman–Crippen LogP) is 3.92. The second-order valence-electron chi connectivity index (χ2n) is 4.22. The summed E-state index contributed by atoms with van der Waals surface area (Å²) in [6.07, 6.45) is 0.226. The molecule has 0 aromatic heterocycles. The molecule has 1 amide bonds. The third-order valence-electron chi connectivity index (χ3n) is 2.81. The second kappa shape index (κ2) is 6.83. The van der Waals surface area contributed by atoms with Crippen LogP contribution < -0.4 is 5.32 Å². The molecule has 0 aliphatic carbocycles. The molecule has 2 rings (SSSR count). The van der Waals surface area contributed by atoms with Gasteiger partial charge in [0, 0.05) is 18.2 Å². The topological polar surface area (TPSA) is 29.1 Å². The molecule has 3 heteroatoms. The molecule has 0 saturated heterocycles. The minimum Gasteiger partial charge on any atom is -0.322 e. The summed E-state index contributed by atoms with van der Waals surface area (Å²) in [6.45, 7) is 1.96. The molecular weight excluding hydrogens is 266 g/mol. The molecule has 0 fully saturated rings. The van der Waals surface area contributed by atoms with Gasteiger partial charge in [0.25, 0.3) is 5.91 Å². The molecule has 0 unspecified atom stereocenters. The predicted molar refractivity (Wildman–Crippen MR) is 86.0 cm³/mol. The number of aryl methyl sites for hydroxylation is 1. The van der Waals surface area contributed by atoms with E-state index in [1.165, 1.54) is 11.8 Å². The van der Waals surface area contributed by atoms with Crippen molar-refractivity contribution in [3.63, 3.8) is 0 Å². The molecule has 0 bridgehead atoms. The van der Waals surface area contributed by atoms with E-state index in [0.717, 1.165) is 16.8 Å². The molecule has 0 spiro atoms. The standard InChI is InChI=1S/C17H15NOS/c1-13-5-3-4-6-16(13)18-17(19)15-9-7-14(8-10-15)11-12-20-2/h3-10H,1-2H3,(H,18,19)/i2T. The van der Waals surface area contributed by atoms with Crippen molar-refractivity contribution in [2.45, 2.75) is 6.92 Å². The minimum atomic E-state index is -0.135. The Hall–Kier alpha value is -2.18. The molecule has 0 aliphatic heterocycles. The van der Waals surface area contributed by atoms with Crippen LogP contribution in [-0.4, -0.2) is 12.1 Å². The molecule has 0 heterocycles. The van der Waals surface area contributed by atoms with Crippen molar-refractivity contribution in [3.8, 4) is 11.2 Å². The molecule has 1 N–H and O–H groups in total. The van der Waals surface area contributed by atoms with Crippen molar-refractivity contribution in [1.82, 2.24) is 0 Å². The molecule has 0 saturated carbocycles. The lowest BCUT2D eigenvalue weighted by molar-refractivity contribution is 0.102. The van der Waals surface area contributed by atoms with Gasteiger partial charge in [0.15, 0.2) is 0 Å². The van der Waals surface area contributed by atoms with Crippen LogP contribution in [0.3, 0.4) is 0 Å². The Morgan fingerprint density at radius 2 is 1.95 bits per heavy atom. The Balaban J connectivity index is 2.07. The number of carbonyl (C=O) groups is 1. The minimum absolute atomic E-state index is 0.135. The Kier molecular flexibility index (Phi) is 4.38. The van der Waals surface area contributed by atoms with E-state index in [9.17, 15) is 4.79 Å². The zero-order valence-electron chi connectivity index (χ0n) is 12.1. The number of anilines is 1. The summed E-state index contributed by atoms with van der Waals surface area (Å²) in [4.78, 5) is 12.2. The highest BCUT2D eigenvalue weighted by Crippen LogP contribution is 2.15. The van der Waals surface area contributed by atoms with Gasteiger partial charge in [0.2, 0.25) is 0 Å². The molecular formula is C17H15NOS. The first-order valence-electron chi connectivity index (χ1n) is 6.80. The maximum absolute atomic E-state index is 12.2. The molecule has 2 nitrogen and oxygen atoms in total. The van der Waals surface area contributed by atoms with Crippen LogP contribution in [0.15, 0.2) is 48.5 Å². The number of amides is 1. The zero-order valence-corrected chi connectivity index (χ0v) is 12.0. The quantitative estimate of drug-likeness (QED) is 0.846. The molecule has 0 aliphatic rings. The van der Waals surface area contributed by atoms with Crippen LogP contribution in [0.4, 0.5) is 5.69 Å². The smallest absolute Gasteiger partial charge is 0.255 e. The summed E-state index contributed by atoms with van der Waals surface area (Å²) >= 11 is 1.24. The number of nitrogens with one attached hydrogen (secondary N) is 1. The van der Waals surface area contributed by atoms with E-state index in [-0.39, 0.29) is 12.1 Å². The first kappa shape index (κ1) is 12.8. The molecule has 20 heavy (non-hydrogen) atoms. The van der Waals surface area contributed by atoms with Gasteiger partial charge in [-0.2, -0.15) is 0 Å². The van der Waals surface area contributed by atoms with Crippen LogP contribution in [0.25, 0.3) is 0 Å². The largest absolute Gasteiger partial charge is 0.322 e. The lowest BCUT2D eigenvalue weighted by Gasteiger charge is -2.08. The average molecular weight is 283 g/mol. The average Bonchev–Trinajstić information content (AvgIpc) is 2.50. The first-order chi connectivity index (χ1) is 10.2. The van der Waals surface area contributed by atoms with Gasteiger partial charge in [-0.3, -0.25) is 4.79 Å².